The van der Waals surface area contributed by atoms with E-state index in [1.807, 2.05) is 0 Å². The highest BCUT2D eigenvalue weighted by Gasteiger charge is 2.33. The van der Waals surface area contributed by atoms with E-state index < -0.39 is 0 Å². The van der Waals surface area contributed by atoms with E-state index in [2.05, 4.69) is 70.6 Å². The van der Waals surface area contributed by atoms with E-state index in [-0.39, 0.29) is 12.1 Å². The molecule has 0 fully saturated rings. The lowest BCUT2D eigenvalue weighted by atomic mass is 9.78. The molecule has 3 heteroatoms. The number of aryl methyl sites for hydroxylation is 2. The van der Waals surface area contributed by atoms with E-state index in [1.165, 1.54) is 16.7 Å². The van der Waals surface area contributed by atoms with Gasteiger partial charge >= 0.3 is 0 Å². The second kappa shape index (κ2) is 5.82. The first-order chi connectivity index (χ1) is 10.1. The fourth-order valence-corrected chi connectivity index (χ4v) is 3.55. The molecule has 0 saturated carbocycles. The Morgan fingerprint density at radius 2 is 2.05 bits per heavy atom. The topological polar surface area (TPSA) is 32.3 Å². The van der Waals surface area contributed by atoms with E-state index in [9.17, 15) is 5.11 Å². The van der Waals surface area contributed by atoms with Gasteiger partial charge in [0.25, 0.3) is 0 Å². The SMILES string of the molecule is Cc1cccc(NC2(CO)CCc3cc(Br)ccc3C2)c1. The molecular formula is C18H20BrNO. The van der Waals surface area contributed by atoms with Crippen LogP contribution in [0.15, 0.2) is 46.9 Å². The fourth-order valence-electron chi connectivity index (χ4n) is 3.14. The van der Waals surface area contributed by atoms with Crippen molar-refractivity contribution in [3.63, 3.8) is 0 Å². The van der Waals surface area contributed by atoms with E-state index in [4.69, 9.17) is 0 Å². The number of aliphatic hydroxyl groups is 1. The van der Waals surface area contributed by atoms with Gasteiger partial charge in [-0.1, -0.05) is 34.1 Å². The molecule has 1 aliphatic carbocycles. The van der Waals surface area contributed by atoms with Gasteiger partial charge in [0.2, 0.25) is 0 Å². The van der Waals surface area contributed by atoms with Gasteiger partial charge in [0.05, 0.1) is 12.1 Å². The van der Waals surface area contributed by atoms with E-state index >= 15 is 0 Å². The van der Waals surface area contributed by atoms with E-state index in [0.717, 1.165) is 29.4 Å². The fraction of sp³-hybridized carbons (Fsp3) is 0.333. The zero-order valence-corrected chi connectivity index (χ0v) is 13.8. The first-order valence-corrected chi connectivity index (χ1v) is 8.13. The van der Waals surface area contributed by atoms with Crippen LogP contribution in [-0.4, -0.2) is 17.3 Å². The number of benzene rings is 2. The lowest BCUT2D eigenvalue weighted by molar-refractivity contribution is 0.196. The van der Waals surface area contributed by atoms with Crippen LogP contribution in [0.2, 0.25) is 0 Å². The van der Waals surface area contributed by atoms with Gasteiger partial charge in [-0.3, -0.25) is 0 Å². The van der Waals surface area contributed by atoms with E-state index in [1.54, 1.807) is 0 Å². The maximum absolute atomic E-state index is 9.98. The minimum absolute atomic E-state index is 0.149. The molecule has 0 heterocycles. The smallest absolute Gasteiger partial charge is 0.0664 e. The molecule has 1 unspecified atom stereocenters. The Morgan fingerprint density at radius 3 is 2.81 bits per heavy atom. The monoisotopic (exact) mass is 345 g/mol. The van der Waals surface area contributed by atoms with E-state index in [0.29, 0.717) is 0 Å². The van der Waals surface area contributed by atoms with Gasteiger partial charge in [-0.05, 0) is 67.1 Å². The van der Waals surface area contributed by atoms with Crippen molar-refractivity contribution in [2.24, 2.45) is 0 Å². The Bertz CT molecular complexity index is 655. The quantitative estimate of drug-likeness (QED) is 0.877. The van der Waals surface area contributed by atoms with Crippen molar-refractivity contribution in [2.45, 2.75) is 31.7 Å². The highest BCUT2D eigenvalue weighted by molar-refractivity contribution is 9.10. The number of halogens is 1. The second-order valence-corrected chi connectivity index (χ2v) is 6.94. The molecule has 1 aliphatic rings. The maximum atomic E-state index is 9.98. The summed E-state index contributed by atoms with van der Waals surface area (Å²) in [7, 11) is 0. The van der Waals surface area contributed by atoms with Gasteiger partial charge in [0.15, 0.2) is 0 Å². The normalized spacial score (nSPS) is 20.9. The molecule has 110 valence electrons. The lowest BCUT2D eigenvalue weighted by Gasteiger charge is -2.38. The molecule has 2 aromatic rings. The lowest BCUT2D eigenvalue weighted by Crippen LogP contribution is -2.47. The van der Waals surface area contributed by atoms with Crippen molar-refractivity contribution < 1.29 is 5.11 Å². The number of rotatable bonds is 3. The van der Waals surface area contributed by atoms with Crippen molar-refractivity contribution in [3.8, 4) is 0 Å². The van der Waals surface area contributed by atoms with Crippen LogP contribution in [0.25, 0.3) is 0 Å². The van der Waals surface area contributed by atoms with Crippen molar-refractivity contribution in [3.05, 3.63) is 63.6 Å². The molecular weight excluding hydrogens is 326 g/mol. The number of fused-ring (bicyclic) bond motifs is 1. The molecule has 2 nitrogen and oxygen atoms in total. The third-order valence-electron chi connectivity index (χ3n) is 4.30. The van der Waals surface area contributed by atoms with Gasteiger partial charge in [0, 0.05) is 10.2 Å². The van der Waals surface area contributed by atoms with Crippen molar-refractivity contribution in [2.75, 3.05) is 11.9 Å². The maximum Gasteiger partial charge on any atom is 0.0664 e. The average molecular weight is 346 g/mol. The Balaban J connectivity index is 1.87. The van der Waals surface area contributed by atoms with Crippen LogP contribution in [0, 0.1) is 6.92 Å². The molecule has 0 saturated heterocycles. The zero-order valence-electron chi connectivity index (χ0n) is 12.2. The number of nitrogens with one attached hydrogen (secondary N) is 1. The number of aliphatic hydroxyl groups excluding tert-OH is 1. The van der Waals surface area contributed by atoms with Crippen LogP contribution in [0.3, 0.4) is 0 Å². The van der Waals surface area contributed by atoms with Gasteiger partial charge in [-0.15, -0.1) is 0 Å². The van der Waals surface area contributed by atoms with Crippen molar-refractivity contribution in [1.29, 1.82) is 0 Å². The van der Waals surface area contributed by atoms with Gasteiger partial charge in [-0.25, -0.2) is 0 Å². The summed E-state index contributed by atoms with van der Waals surface area (Å²) >= 11 is 3.53. The minimum atomic E-state index is -0.255. The van der Waals surface area contributed by atoms with Gasteiger partial charge in [0.1, 0.15) is 0 Å². The summed E-state index contributed by atoms with van der Waals surface area (Å²) < 4.78 is 1.13. The summed E-state index contributed by atoms with van der Waals surface area (Å²) in [5.74, 6) is 0. The number of hydrogen-bond donors (Lipinski definition) is 2. The molecule has 21 heavy (non-hydrogen) atoms. The third-order valence-corrected chi connectivity index (χ3v) is 4.79. The third kappa shape index (κ3) is 3.14. The molecule has 0 aromatic heterocycles. The highest BCUT2D eigenvalue weighted by Crippen LogP contribution is 2.33. The summed E-state index contributed by atoms with van der Waals surface area (Å²) in [5, 5.41) is 13.6. The molecule has 3 rings (SSSR count). The van der Waals surface area contributed by atoms with Crippen molar-refractivity contribution >= 4 is 21.6 Å². The summed E-state index contributed by atoms with van der Waals surface area (Å²) in [4.78, 5) is 0. The van der Waals surface area contributed by atoms with Gasteiger partial charge < -0.3 is 10.4 Å². The predicted octanol–water partition coefficient (Wildman–Crippen LogP) is 4.09. The Labute approximate surface area is 134 Å². The largest absolute Gasteiger partial charge is 0.394 e. The first-order valence-electron chi connectivity index (χ1n) is 7.33. The molecule has 2 aromatic carbocycles. The number of anilines is 1. The number of hydrogen-bond acceptors (Lipinski definition) is 2. The summed E-state index contributed by atoms with van der Waals surface area (Å²) in [6.07, 6.45) is 2.80. The Morgan fingerprint density at radius 1 is 1.19 bits per heavy atom. The minimum Gasteiger partial charge on any atom is -0.394 e. The highest BCUT2D eigenvalue weighted by atomic mass is 79.9. The first kappa shape index (κ1) is 14.6. The van der Waals surface area contributed by atoms with Crippen LogP contribution < -0.4 is 5.32 Å². The summed E-state index contributed by atoms with van der Waals surface area (Å²) in [6, 6.07) is 14.8. The molecule has 0 amide bonds. The van der Waals surface area contributed by atoms with Crippen LogP contribution in [0.5, 0.6) is 0 Å². The Kier molecular flexibility index (Phi) is 4.05. The van der Waals surface area contributed by atoms with Gasteiger partial charge in [-0.2, -0.15) is 0 Å². The Hall–Kier alpha value is -1.32. The zero-order chi connectivity index (χ0) is 14.9. The summed E-state index contributed by atoms with van der Waals surface area (Å²) in [6.45, 7) is 2.24. The molecule has 1 atom stereocenters. The molecule has 0 aliphatic heterocycles. The average Bonchev–Trinajstić information content (AvgIpc) is 2.47. The molecule has 0 bridgehead atoms. The predicted molar refractivity (Wildman–Crippen MR) is 90.8 cm³/mol. The molecule has 0 spiro atoms. The van der Waals surface area contributed by atoms with Crippen molar-refractivity contribution in [1.82, 2.24) is 0 Å². The summed E-state index contributed by atoms with van der Waals surface area (Å²) in [5.41, 5.74) is 4.78. The molecule has 0 radical (unpaired) electrons. The van der Waals surface area contributed by atoms with Crippen LogP contribution in [0.1, 0.15) is 23.1 Å². The van der Waals surface area contributed by atoms with Crippen LogP contribution >= 0.6 is 15.9 Å². The van der Waals surface area contributed by atoms with Crippen LogP contribution in [-0.2, 0) is 12.8 Å². The molecule has 2 N–H and O–H groups in total. The van der Waals surface area contributed by atoms with Crippen LogP contribution in [0.4, 0.5) is 5.69 Å². The second-order valence-electron chi connectivity index (χ2n) is 6.02. The standard InChI is InChI=1S/C18H20BrNO/c1-13-3-2-4-17(9-13)20-18(12-21)8-7-14-10-16(19)6-5-15(14)11-18/h2-6,9-10,20-21H,7-8,11-12H2,1H3.